The molecule has 3 nitrogen and oxygen atoms in total. The minimum Gasteiger partial charge on any atom is -0.422 e. The van der Waals surface area contributed by atoms with Gasteiger partial charge in [-0.1, -0.05) is 6.07 Å². The Morgan fingerprint density at radius 1 is 1.00 bits per heavy atom. The molecule has 3 aromatic rings. The van der Waals surface area contributed by atoms with Crippen molar-refractivity contribution >= 4 is 16.9 Å². The van der Waals surface area contributed by atoms with Gasteiger partial charge < -0.3 is 4.74 Å². The summed E-state index contributed by atoms with van der Waals surface area (Å²) in [5.74, 6) is -3.08. The summed E-state index contributed by atoms with van der Waals surface area (Å²) in [5.41, 5.74) is -2.04. The summed E-state index contributed by atoms with van der Waals surface area (Å²) in [6, 6.07) is 8.23. The predicted octanol–water partition coefficient (Wildman–Crippen LogP) is 4.75. The standard InChI is InChI=1S/C17H8F5NO2/c18-10-6-4-9(5-7-10)16(24)25-13-8-14(17(20,21)22)23-15-11(13)2-1-3-12(15)19/h1-8H. The molecule has 1 aromatic heterocycles. The van der Waals surface area contributed by atoms with Crippen LogP contribution in [0, 0.1) is 11.6 Å². The number of carbonyl (C=O) groups excluding carboxylic acids is 1. The molecular formula is C17H8F5NO2. The molecule has 0 amide bonds. The lowest BCUT2D eigenvalue weighted by Crippen LogP contribution is -2.12. The maximum absolute atomic E-state index is 13.8. The van der Waals surface area contributed by atoms with Crippen LogP contribution in [0.5, 0.6) is 5.75 Å². The van der Waals surface area contributed by atoms with Gasteiger partial charge in [0.25, 0.3) is 0 Å². The fraction of sp³-hybridized carbons (Fsp3) is 0.0588. The van der Waals surface area contributed by atoms with Crippen LogP contribution in [0.2, 0.25) is 0 Å². The minimum atomic E-state index is -4.85. The van der Waals surface area contributed by atoms with Crippen molar-refractivity contribution in [1.29, 1.82) is 0 Å². The van der Waals surface area contributed by atoms with Gasteiger partial charge in [-0.2, -0.15) is 13.2 Å². The number of aromatic nitrogens is 1. The number of rotatable bonds is 2. The molecule has 25 heavy (non-hydrogen) atoms. The Morgan fingerprint density at radius 2 is 1.68 bits per heavy atom. The first kappa shape index (κ1) is 16.8. The number of hydrogen-bond donors (Lipinski definition) is 0. The third kappa shape index (κ3) is 3.42. The Bertz CT molecular complexity index is 952. The number of nitrogens with zero attached hydrogens (tertiary/aromatic N) is 1. The van der Waals surface area contributed by atoms with Gasteiger partial charge in [-0.3, -0.25) is 0 Å². The van der Waals surface area contributed by atoms with Crippen molar-refractivity contribution in [2.45, 2.75) is 6.18 Å². The first-order chi connectivity index (χ1) is 11.8. The predicted molar refractivity (Wildman–Crippen MR) is 78.1 cm³/mol. The summed E-state index contributed by atoms with van der Waals surface area (Å²) in [6.45, 7) is 0. The topological polar surface area (TPSA) is 39.2 Å². The Morgan fingerprint density at radius 3 is 2.32 bits per heavy atom. The van der Waals surface area contributed by atoms with Crippen LogP contribution in [-0.2, 0) is 6.18 Å². The molecule has 0 fully saturated rings. The molecule has 0 unspecified atom stereocenters. The Hall–Kier alpha value is -3.03. The fourth-order valence-electron chi connectivity index (χ4n) is 2.16. The number of benzene rings is 2. The van der Waals surface area contributed by atoms with E-state index in [1.165, 1.54) is 12.1 Å². The summed E-state index contributed by atoms with van der Waals surface area (Å²) >= 11 is 0. The molecule has 8 heteroatoms. The molecule has 0 saturated heterocycles. The number of ether oxygens (including phenoxy) is 1. The third-order valence-electron chi connectivity index (χ3n) is 3.33. The largest absolute Gasteiger partial charge is 0.433 e. The van der Waals surface area contributed by atoms with Gasteiger partial charge in [0.15, 0.2) is 0 Å². The van der Waals surface area contributed by atoms with Crippen molar-refractivity contribution < 1.29 is 31.5 Å². The van der Waals surface area contributed by atoms with Gasteiger partial charge in [-0.05, 0) is 36.4 Å². The van der Waals surface area contributed by atoms with E-state index in [-0.39, 0.29) is 10.9 Å². The molecule has 0 atom stereocenters. The lowest BCUT2D eigenvalue weighted by atomic mass is 10.1. The number of carbonyl (C=O) groups is 1. The van der Waals surface area contributed by atoms with Crippen LogP contribution < -0.4 is 4.74 Å². The van der Waals surface area contributed by atoms with E-state index in [1.54, 1.807) is 0 Å². The number of halogens is 5. The summed E-state index contributed by atoms with van der Waals surface area (Å²) in [4.78, 5) is 15.3. The molecule has 0 aliphatic rings. The van der Waals surface area contributed by atoms with E-state index in [4.69, 9.17) is 4.74 Å². The van der Waals surface area contributed by atoms with Crippen LogP contribution >= 0.6 is 0 Å². The maximum atomic E-state index is 13.8. The van der Waals surface area contributed by atoms with Crippen molar-refractivity contribution in [1.82, 2.24) is 4.98 Å². The van der Waals surface area contributed by atoms with E-state index in [0.717, 1.165) is 30.3 Å². The molecule has 0 radical (unpaired) electrons. The Labute approximate surface area is 137 Å². The van der Waals surface area contributed by atoms with Crippen molar-refractivity contribution in [3.63, 3.8) is 0 Å². The maximum Gasteiger partial charge on any atom is 0.433 e. The van der Waals surface area contributed by atoms with Gasteiger partial charge in [-0.25, -0.2) is 18.6 Å². The second-order valence-corrected chi connectivity index (χ2v) is 5.04. The molecule has 0 N–H and O–H groups in total. The average molecular weight is 353 g/mol. The zero-order valence-corrected chi connectivity index (χ0v) is 12.3. The van der Waals surface area contributed by atoms with Crippen molar-refractivity contribution in [3.8, 4) is 5.75 Å². The normalized spacial score (nSPS) is 11.6. The highest BCUT2D eigenvalue weighted by atomic mass is 19.4. The SMILES string of the molecule is O=C(Oc1cc(C(F)(F)F)nc2c(F)cccc12)c1ccc(F)cc1. The number of alkyl halides is 3. The van der Waals surface area contributed by atoms with E-state index in [9.17, 15) is 26.7 Å². The lowest BCUT2D eigenvalue weighted by Gasteiger charge is -2.12. The highest BCUT2D eigenvalue weighted by molar-refractivity contribution is 5.94. The lowest BCUT2D eigenvalue weighted by molar-refractivity contribution is -0.141. The van der Waals surface area contributed by atoms with E-state index in [2.05, 4.69) is 4.98 Å². The second kappa shape index (κ2) is 6.12. The third-order valence-corrected chi connectivity index (χ3v) is 3.33. The van der Waals surface area contributed by atoms with Gasteiger partial charge in [0.2, 0.25) is 0 Å². The van der Waals surface area contributed by atoms with Crippen molar-refractivity contribution in [3.05, 3.63) is 71.4 Å². The number of hydrogen-bond acceptors (Lipinski definition) is 3. The van der Waals surface area contributed by atoms with Crippen LogP contribution in [0.25, 0.3) is 10.9 Å². The molecular weight excluding hydrogens is 345 g/mol. The first-order valence-corrected chi connectivity index (χ1v) is 6.90. The van der Waals surface area contributed by atoms with Gasteiger partial charge in [0, 0.05) is 11.5 Å². The zero-order valence-electron chi connectivity index (χ0n) is 12.3. The molecule has 3 rings (SSSR count). The van der Waals surface area contributed by atoms with Crippen LogP contribution in [-0.4, -0.2) is 11.0 Å². The number of fused-ring (bicyclic) bond motifs is 1. The summed E-state index contributed by atoms with van der Waals surface area (Å²) in [5, 5.41) is -0.0940. The molecule has 1 heterocycles. The summed E-state index contributed by atoms with van der Waals surface area (Å²) in [7, 11) is 0. The van der Waals surface area contributed by atoms with E-state index < -0.39 is 40.7 Å². The van der Waals surface area contributed by atoms with E-state index in [0.29, 0.717) is 6.07 Å². The van der Waals surface area contributed by atoms with Crippen LogP contribution in [0.15, 0.2) is 48.5 Å². The smallest absolute Gasteiger partial charge is 0.422 e. The van der Waals surface area contributed by atoms with Crippen LogP contribution in [0.3, 0.4) is 0 Å². The van der Waals surface area contributed by atoms with Gasteiger partial charge in [0.05, 0.1) is 5.56 Å². The average Bonchev–Trinajstić information content (AvgIpc) is 2.55. The molecule has 128 valence electrons. The van der Waals surface area contributed by atoms with Gasteiger partial charge in [-0.15, -0.1) is 0 Å². The quantitative estimate of drug-likeness (QED) is 0.493. The second-order valence-electron chi connectivity index (χ2n) is 5.04. The van der Waals surface area contributed by atoms with Crippen molar-refractivity contribution in [2.24, 2.45) is 0 Å². The molecule has 0 aliphatic carbocycles. The highest BCUT2D eigenvalue weighted by Gasteiger charge is 2.34. The fourth-order valence-corrected chi connectivity index (χ4v) is 2.16. The van der Waals surface area contributed by atoms with Gasteiger partial charge in [0.1, 0.15) is 28.6 Å². The van der Waals surface area contributed by atoms with Crippen LogP contribution in [0.1, 0.15) is 16.1 Å². The number of para-hydroxylation sites is 1. The van der Waals surface area contributed by atoms with Crippen LogP contribution in [0.4, 0.5) is 22.0 Å². The van der Waals surface area contributed by atoms with Crippen molar-refractivity contribution in [2.75, 3.05) is 0 Å². The molecule has 0 bridgehead atoms. The molecule has 0 saturated carbocycles. The monoisotopic (exact) mass is 353 g/mol. The number of esters is 1. The van der Waals surface area contributed by atoms with Gasteiger partial charge >= 0.3 is 12.1 Å². The highest BCUT2D eigenvalue weighted by Crippen LogP contribution is 2.35. The summed E-state index contributed by atoms with van der Waals surface area (Å²) < 4.78 is 70.6. The van der Waals surface area contributed by atoms with E-state index in [1.807, 2.05) is 0 Å². The van der Waals surface area contributed by atoms with E-state index >= 15 is 0 Å². The number of pyridine rings is 1. The summed E-state index contributed by atoms with van der Waals surface area (Å²) in [6.07, 6.45) is -4.85. The molecule has 0 aliphatic heterocycles. The Kier molecular flexibility index (Phi) is 4.12. The zero-order chi connectivity index (χ0) is 18.2. The minimum absolute atomic E-state index is 0.0728. The molecule has 0 spiro atoms. The molecule has 2 aromatic carbocycles. The Balaban J connectivity index is 2.09. The first-order valence-electron chi connectivity index (χ1n) is 6.90.